The standard InChI is InChI=1S/C14H18N2O4/c1-9-3-4-10(7-12(9)20-2)13(17)16-6-5-15-8-11(16)14(18)19/h3-4,7,11,15H,5-6,8H2,1-2H3,(H,18,19). The molecule has 20 heavy (non-hydrogen) atoms. The second kappa shape index (κ2) is 5.92. The minimum Gasteiger partial charge on any atom is -0.496 e. The van der Waals surface area contributed by atoms with E-state index in [1.807, 2.05) is 6.92 Å². The van der Waals surface area contributed by atoms with Gasteiger partial charge in [-0.1, -0.05) is 6.07 Å². The van der Waals surface area contributed by atoms with Crippen LogP contribution >= 0.6 is 0 Å². The molecule has 1 aliphatic rings. The number of carbonyl (C=O) groups excluding carboxylic acids is 1. The summed E-state index contributed by atoms with van der Waals surface area (Å²) in [5, 5.41) is 12.2. The number of hydrogen-bond donors (Lipinski definition) is 2. The largest absolute Gasteiger partial charge is 0.496 e. The first kappa shape index (κ1) is 14.3. The lowest BCUT2D eigenvalue weighted by Gasteiger charge is -2.33. The van der Waals surface area contributed by atoms with Crippen LogP contribution < -0.4 is 10.1 Å². The average Bonchev–Trinajstić information content (AvgIpc) is 2.47. The van der Waals surface area contributed by atoms with Gasteiger partial charge in [-0.3, -0.25) is 4.79 Å². The number of nitrogens with one attached hydrogen (secondary N) is 1. The normalized spacial score (nSPS) is 18.7. The maximum Gasteiger partial charge on any atom is 0.327 e. The lowest BCUT2D eigenvalue weighted by molar-refractivity contribution is -0.142. The van der Waals surface area contributed by atoms with E-state index in [9.17, 15) is 14.7 Å². The number of carbonyl (C=O) groups is 2. The van der Waals surface area contributed by atoms with E-state index in [0.29, 0.717) is 24.4 Å². The molecule has 6 heteroatoms. The van der Waals surface area contributed by atoms with Gasteiger partial charge in [0.05, 0.1) is 7.11 Å². The molecule has 108 valence electrons. The molecule has 0 bridgehead atoms. The maximum atomic E-state index is 12.5. The Morgan fingerprint density at radius 2 is 2.20 bits per heavy atom. The van der Waals surface area contributed by atoms with Crippen LogP contribution in [0.4, 0.5) is 0 Å². The topological polar surface area (TPSA) is 78.9 Å². The fourth-order valence-corrected chi connectivity index (χ4v) is 2.29. The van der Waals surface area contributed by atoms with Crippen LogP contribution in [0.3, 0.4) is 0 Å². The molecule has 0 radical (unpaired) electrons. The fraction of sp³-hybridized carbons (Fsp3) is 0.429. The Morgan fingerprint density at radius 3 is 2.85 bits per heavy atom. The van der Waals surface area contributed by atoms with Crippen molar-refractivity contribution in [2.75, 3.05) is 26.7 Å². The monoisotopic (exact) mass is 278 g/mol. The maximum absolute atomic E-state index is 12.5. The summed E-state index contributed by atoms with van der Waals surface area (Å²) in [5.41, 5.74) is 1.37. The van der Waals surface area contributed by atoms with E-state index in [2.05, 4.69) is 5.32 Å². The van der Waals surface area contributed by atoms with E-state index in [-0.39, 0.29) is 12.5 Å². The van der Waals surface area contributed by atoms with Crippen LogP contribution in [0.2, 0.25) is 0 Å². The number of aliphatic carboxylic acids is 1. The highest BCUT2D eigenvalue weighted by Gasteiger charge is 2.32. The predicted molar refractivity (Wildman–Crippen MR) is 73.1 cm³/mol. The minimum absolute atomic E-state index is 0.268. The number of rotatable bonds is 3. The van der Waals surface area contributed by atoms with Gasteiger partial charge in [-0.25, -0.2) is 4.79 Å². The zero-order valence-electron chi connectivity index (χ0n) is 11.5. The number of aryl methyl sites for hydroxylation is 1. The quantitative estimate of drug-likeness (QED) is 0.842. The molecule has 1 aromatic carbocycles. The third-order valence-corrected chi connectivity index (χ3v) is 3.44. The zero-order valence-corrected chi connectivity index (χ0v) is 11.5. The van der Waals surface area contributed by atoms with Crippen molar-refractivity contribution < 1.29 is 19.4 Å². The summed E-state index contributed by atoms with van der Waals surface area (Å²) in [7, 11) is 1.54. The summed E-state index contributed by atoms with van der Waals surface area (Å²) in [6.45, 7) is 3.13. The Kier molecular flexibility index (Phi) is 4.24. The molecule has 6 nitrogen and oxygen atoms in total. The van der Waals surface area contributed by atoms with E-state index in [0.717, 1.165) is 5.56 Å². The van der Waals surface area contributed by atoms with Crippen LogP contribution in [0.25, 0.3) is 0 Å². The number of methoxy groups -OCH3 is 1. The molecule has 1 aromatic rings. The average molecular weight is 278 g/mol. The van der Waals surface area contributed by atoms with Gasteiger partial charge in [0.2, 0.25) is 0 Å². The SMILES string of the molecule is COc1cc(C(=O)N2CCNCC2C(=O)O)ccc1C. The Bertz CT molecular complexity index is 530. The Hall–Kier alpha value is -2.08. The highest BCUT2D eigenvalue weighted by molar-refractivity contribution is 5.97. The summed E-state index contributed by atoms with van der Waals surface area (Å²) in [6.07, 6.45) is 0. The second-order valence-corrected chi connectivity index (χ2v) is 4.74. The first-order valence-electron chi connectivity index (χ1n) is 6.43. The highest BCUT2D eigenvalue weighted by Crippen LogP contribution is 2.21. The molecule has 1 saturated heterocycles. The van der Waals surface area contributed by atoms with Crippen LogP contribution in [-0.2, 0) is 4.79 Å². The molecule has 1 fully saturated rings. The molecular weight excluding hydrogens is 260 g/mol. The van der Waals surface area contributed by atoms with E-state index < -0.39 is 12.0 Å². The number of benzene rings is 1. The third kappa shape index (κ3) is 2.75. The zero-order chi connectivity index (χ0) is 14.7. The van der Waals surface area contributed by atoms with Crippen molar-refractivity contribution in [1.82, 2.24) is 10.2 Å². The Morgan fingerprint density at radius 1 is 1.45 bits per heavy atom. The second-order valence-electron chi connectivity index (χ2n) is 4.74. The van der Waals surface area contributed by atoms with E-state index >= 15 is 0 Å². The first-order chi connectivity index (χ1) is 9.54. The predicted octanol–water partition coefficient (Wildman–Crippen LogP) is 0.502. The van der Waals surface area contributed by atoms with E-state index in [1.54, 1.807) is 25.3 Å². The van der Waals surface area contributed by atoms with Gasteiger partial charge < -0.3 is 20.1 Å². The summed E-state index contributed by atoms with van der Waals surface area (Å²) in [5.74, 6) is -0.653. The van der Waals surface area contributed by atoms with Gasteiger partial charge in [0, 0.05) is 25.2 Å². The van der Waals surface area contributed by atoms with Gasteiger partial charge in [-0.15, -0.1) is 0 Å². The molecule has 0 aromatic heterocycles. The van der Waals surface area contributed by atoms with Crippen molar-refractivity contribution in [3.8, 4) is 5.75 Å². The summed E-state index contributed by atoms with van der Waals surface area (Å²) in [6, 6.07) is 4.31. The molecule has 0 saturated carbocycles. The van der Waals surface area contributed by atoms with Gasteiger partial charge in [0.15, 0.2) is 0 Å². The van der Waals surface area contributed by atoms with Crippen LogP contribution in [0.5, 0.6) is 5.75 Å². The van der Waals surface area contributed by atoms with Crippen molar-refractivity contribution in [3.05, 3.63) is 29.3 Å². The van der Waals surface area contributed by atoms with Gasteiger partial charge in [-0.05, 0) is 24.6 Å². The van der Waals surface area contributed by atoms with Crippen LogP contribution in [-0.4, -0.2) is 54.7 Å². The summed E-state index contributed by atoms with van der Waals surface area (Å²) < 4.78 is 5.20. The molecule has 2 N–H and O–H groups in total. The molecule has 1 heterocycles. The van der Waals surface area contributed by atoms with Crippen LogP contribution in [0, 0.1) is 6.92 Å². The lowest BCUT2D eigenvalue weighted by atomic mass is 10.1. The number of ether oxygens (including phenoxy) is 1. The smallest absolute Gasteiger partial charge is 0.327 e. The van der Waals surface area contributed by atoms with E-state index in [4.69, 9.17) is 4.74 Å². The number of carboxylic acids is 1. The van der Waals surface area contributed by atoms with Crippen molar-refractivity contribution in [2.45, 2.75) is 13.0 Å². The number of carboxylic acid groups (broad SMARTS) is 1. The third-order valence-electron chi connectivity index (χ3n) is 3.44. The molecular formula is C14H18N2O4. The molecule has 0 spiro atoms. The van der Waals surface area contributed by atoms with Crippen LogP contribution in [0.1, 0.15) is 15.9 Å². The molecule has 2 rings (SSSR count). The summed E-state index contributed by atoms with van der Waals surface area (Å²) in [4.78, 5) is 25.1. The van der Waals surface area contributed by atoms with E-state index in [1.165, 1.54) is 4.90 Å². The van der Waals surface area contributed by atoms with Crippen LogP contribution in [0.15, 0.2) is 18.2 Å². The lowest BCUT2D eigenvalue weighted by Crippen LogP contribution is -2.56. The van der Waals surface area contributed by atoms with Gasteiger partial charge in [0.1, 0.15) is 11.8 Å². The first-order valence-corrected chi connectivity index (χ1v) is 6.43. The van der Waals surface area contributed by atoms with Crippen molar-refractivity contribution >= 4 is 11.9 Å². The summed E-state index contributed by atoms with van der Waals surface area (Å²) >= 11 is 0. The van der Waals surface area contributed by atoms with Gasteiger partial charge >= 0.3 is 5.97 Å². The van der Waals surface area contributed by atoms with Crippen molar-refractivity contribution in [2.24, 2.45) is 0 Å². The minimum atomic E-state index is -0.996. The van der Waals surface area contributed by atoms with Gasteiger partial charge in [-0.2, -0.15) is 0 Å². The van der Waals surface area contributed by atoms with Crippen molar-refractivity contribution in [1.29, 1.82) is 0 Å². The number of hydrogen-bond acceptors (Lipinski definition) is 4. The number of nitrogens with zero attached hydrogens (tertiary/aromatic N) is 1. The van der Waals surface area contributed by atoms with Gasteiger partial charge in [0.25, 0.3) is 5.91 Å². The Balaban J connectivity index is 2.27. The number of piperazine rings is 1. The highest BCUT2D eigenvalue weighted by atomic mass is 16.5. The Labute approximate surface area is 117 Å². The molecule has 1 atom stereocenters. The fourth-order valence-electron chi connectivity index (χ4n) is 2.29. The number of amides is 1. The molecule has 1 unspecified atom stereocenters. The molecule has 1 amide bonds. The molecule has 1 aliphatic heterocycles. The van der Waals surface area contributed by atoms with Crippen molar-refractivity contribution in [3.63, 3.8) is 0 Å². The molecule has 0 aliphatic carbocycles.